The van der Waals surface area contributed by atoms with Crippen molar-refractivity contribution in [3.05, 3.63) is 29.3 Å². The molecule has 1 aliphatic carbocycles. The standard InChI is InChI=1S/C18H26ClNO2/c1-2-17(22-16-12-8-9-14(19)13-16)18(21)20-15-10-6-4-3-5-7-11-15/h8-9,12-13,15,17H,2-7,10-11H2,1H3,(H,20,21)/t17-/m0/s1. The number of amides is 1. The minimum atomic E-state index is -0.455. The van der Waals surface area contributed by atoms with Crippen molar-refractivity contribution in [2.45, 2.75) is 70.4 Å². The Labute approximate surface area is 138 Å². The van der Waals surface area contributed by atoms with Crippen molar-refractivity contribution in [2.24, 2.45) is 0 Å². The van der Waals surface area contributed by atoms with Crippen LogP contribution in [0.1, 0.15) is 58.3 Å². The van der Waals surface area contributed by atoms with Gasteiger partial charge < -0.3 is 10.1 Å². The molecule has 1 aliphatic rings. The van der Waals surface area contributed by atoms with Gasteiger partial charge in [-0.3, -0.25) is 4.79 Å². The van der Waals surface area contributed by atoms with E-state index in [0.29, 0.717) is 23.2 Å². The topological polar surface area (TPSA) is 38.3 Å². The predicted octanol–water partition coefficient (Wildman–Crippen LogP) is 4.73. The Morgan fingerprint density at radius 1 is 1.27 bits per heavy atom. The molecule has 0 aromatic heterocycles. The minimum Gasteiger partial charge on any atom is -0.481 e. The van der Waals surface area contributed by atoms with Crippen LogP contribution < -0.4 is 10.1 Å². The van der Waals surface area contributed by atoms with Gasteiger partial charge in [-0.1, -0.05) is 56.7 Å². The van der Waals surface area contributed by atoms with Crippen LogP contribution in [0, 0.1) is 0 Å². The van der Waals surface area contributed by atoms with Crippen LogP contribution in [0.5, 0.6) is 5.75 Å². The summed E-state index contributed by atoms with van der Waals surface area (Å²) in [4.78, 5) is 12.5. The van der Waals surface area contributed by atoms with Crippen molar-refractivity contribution < 1.29 is 9.53 Å². The summed E-state index contributed by atoms with van der Waals surface area (Å²) in [5.41, 5.74) is 0. The molecule has 0 saturated heterocycles. The fourth-order valence-corrected chi connectivity index (χ4v) is 3.10. The fourth-order valence-electron chi connectivity index (χ4n) is 2.92. The quantitative estimate of drug-likeness (QED) is 0.851. The van der Waals surface area contributed by atoms with Crippen molar-refractivity contribution in [3.63, 3.8) is 0 Å². The molecular formula is C18H26ClNO2. The Hall–Kier alpha value is -1.22. The van der Waals surface area contributed by atoms with Crippen molar-refractivity contribution in [1.82, 2.24) is 5.32 Å². The molecule has 3 nitrogen and oxygen atoms in total. The summed E-state index contributed by atoms with van der Waals surface area (Å²) in [7, 11) is 0. The van der Waals surface area contributed by atoms with Gasteiger partial charge in [0, 0.05) is 11.1 Å². The number of ether oxygens (including phenoxy) is 1. The average molecular weight is 324 g/mol. The van der Waals surface area contributed by atoms with E-state index >= 15 is 0 Å². The van der Waals surface area contributed by atoms with Crippen molar-refractivity contribution >= 4 is 17.5 Å². The van der Waals surface area contributed by atoms with Gasteiger partial charge in [0.1, 0.15) is 5.75 Å². The first-order valence-corrected chi connectivity index (χ1v) is 8.79. The molecular weight excluding hydrogens is 298 g/mol. The summed E-state index contributed by atoms with van der Waals surface area (Å²) in [6.45, 7) is 1.97. The maximum atomic E-state index is 12.5. The molecule has 1 aromatic rings. The van der Waals surface area contributed by atoms with Gasteiger partial charge in [-0.05, 0) is 37.5 Å². The van der Waals surface area contributed by atoms with E-state index in [0.717, 1.165) is 12.8 Å². The Morgan fingerprint density at radius 3 is 2.59 bits per heavy atom. The molecule has 1 aromatic carbocycles. The molecule has 2 rings (SSSR count). The molecule has 0 bridgehead atoms. The van der Waals surface area contributed by atoms with Crippen LogP contribution in [0.2, 0.25) is 5.02 Å². The first-order valence-electron chi connectivity index (χ1n) is 8.41. The van der Waals surface area contributed by atoms with Crippen LogP contribution in [0.15, 0.2) is 24.3 Å². The van der Waals surface area contributed by atoms with E-state index in [4.69, 9.17) is 16.3 Å². The van der Waals surface area contributed by atoms with E-state index in [-0.39, 0.29) is 5.91 Å². The molecule has 22 heavy (non-hydrogen) atoms. The van der Waals surface area contributed by atoms with Crippen LogP contribution >= 0.6 is 11.6 Å². The van der Waals surface area contributed by atoms with Gasteiger partial charge in [-0.2, -0.15) is 0 Å². The summed E-state index contributed by atoms with van der Waals surface area (Å²) in [6.07, 6.45) is 8.66. The van der Waals surface area contributed by atoms with E-state index < -0.39 is 6.10 Å². The van der Waals surface area contributed by atoms with Crippen LogP contribution in [-0.4, -0.2) is 18.1 Å². The third-order valence-electron chi connectivity index (χ3n) is 4.19. The first kappa shape index (κ1) is 17.1. The molecule has 1 amide bonds. The number of rotatable bonds is 5. The zero-order valence-corrected chi connectivity index (χ0v) is 14.1. The lowest BCUT2D eigenvalue weighted by atomic mass is 9.96. The second-order valence-corrected chi connectivity index (χ2v) is 6.46. The Kier molecular flexibility index (Phi) is 7.04. The summed E-state index contributed by atoms with van der Waals surface area (Å²) >= 11 is 5.96. The fraction of sp³-hybridized carbons (Fsp3) is 0.611. The lowest BCUT2D eigenvalue weighted by Crippen LogP contribution is -2.43. The van der Waals surface area contributed by atoms with Crippen LogP contribution in [0.25, 0.3) is 0 Å². The molecule has 0 spiro atoms. The normalized spacial score (nSPS) is 18.1. The number of hydrogen-bond donors (Lipinski definition) is 1. The number of benzene rings is 1. The summed E-state index contributed by atoms with van der Waals surface area (Å²) in [5.74, 6) is 0.639. The second-order valence-electron chi connectivity index (χ2n) is 6.02. The highest BCUT2D eigenvalue weighted by Gasteiger charge is 2.22. The van der Waals surface area contributed by atoms with E-state index in [1.54, 1.807) is 12.1 Å². The molecule has 122 valence electrons. The number of hydrogen-bond acceptors (Lipinski definition) is 2. The van der Waals surface area contributed by atoms with Crippen molar-refractivity contribution in [1.29, 1.82) is 0 Å². The molecule has 4 heteroatoms. The van der Waals surface area contributed by atoms with E-state index in [1.807, 2.05) is 19.1 Å². The SMILES string of the molecule is CC[C@H](Oc1cccc(Cl)c1)C(=O)NC1CCCCCCC1. The zero-order chi connectivity index (χ0) is 15.8. The Balaban J connectivity index is 1.90. The highest BCUT2D eigenvalue weighted by molar-refractivity contribution is 6.30. The van der Waals surface area contributed by atoms with Gasteiger partial charge in [0.2, 0.25) is 0 Å². The average Bonchev–Trinajstić information content (AvgIpc) is 2.47. The number of carbonyl (C=O) groups excluding carboxylic acids is 1. The Bertz CT molecular complexity index is 470. The van der Waals surface area contributed by atoms with E-state index in [9.17, 15) is 4.79 Å². The maximum Gasteiger partial charge on any atom is 0.261 e. The van der Waals surface area contributed by atoms with Crippen LogP contribution in [0.3, 0.4) is 0 Å². The maximum absolute atomic E-state index is 12.5. The van der Waals surface area contributed by atoms with Gasteiger partial charge in [0.15, 0.2) is 6.10 Å². The highest BCUT2D eigenvalue weighted by atomic mass is 35.5. The lowest BCUT2D eigenvalue weighted by molar-refractivity contribution is -0.129. The number of halogens is 1. The van der Waals surface area contributed by atoms with E-state index in [1.165, 1.54) is 32.1 Å². The van der Waals surface area contributed by atoms with Crippen molar-refractivity contribution in [3.8, 4) is 5.75 Å². The van der Waals surface area contributed by atoms with Crippen molar-refractivity contribution in [2.75, 3.05) is 0 Å². The first-order chi connectivity index (χ1) is 10.7. The number of carbonyl (C=O) groups is 1. The van der Waals surface area contributed by atoms with Gasteiger partial charge in [-0.15, -0.1) is 0 Å². The molecule has 1 N–H and O–H groups in total. The molecule has 1 atom stereocenters. The van der Waals surface area contributed by atoms with Gasteiger partial charge in [0.25, 0.3) is 5.91 Å². The smallest absolute Gasteiger partial charge is 0.261 e. The second kappa shape index (κ2) is 9.04. The minimum absolute atomic E-state index is 0.00644. The highest BCUT2D eigenvalue weighted by Crippen LogP contribution is 2.20. The summed E-state index contributed by atoms with van der Waals surface area (Å²) in [5, 5.41) is 3.79. The summed E-state index contributed by atoms with van der Waals surface area (Å²) < 4.78 is 5.81. The molecule has 0 heterocycles. The van der Waals surface area contributed by atoms with Crippen LogP contribution in [0.4, 0.5) is 0 Å². The Morgan fingerprint density at radius 2 is 1.95 bits per heavy atom. The molecule has 0 radical (unpaired) electrons. The van der Waals surface area contributed by atoms with Gasteiger partial charge in [-0.25, -0.2) is 0 Å². The molecule has 1 fully saturated rings. The van der Waals surface area contributed by atoms with Crippen LogP contribution in [-0.2, 0) is 4.79 Å². The molecule has 1 saturated carbocycles. The zero-order valence-electron chi connectivity index (χ0n) is 13.3. The summed E-state index contributed by atoms with van der Waals surface area (Å²) in [6, 6.07) is 7.50. The van der Waals surface area contributed by atoms with E-state index in [2.05, 4.69) is 5.32 Å². The van der Waals surface area contributed by atoms with Gasteiger partial charge in [0.05, 0.1) is 0 Å². The lowest BCUT2D eigenvalue weighted by Gasteiger charge is -2.24. The number of nitrogens with one attached hydrogen (secondary N) is 1. The predicted molar refractivity (Wildman–Crippen MR) is 90.4 cm³/mol. The molecule has 0 aliphatic heterocycles. The largest absolute Gasteiger partial charge is 0.481 e. The van der Waals surface area contributed by atoms with Gasteiger partial charge >= 0.3 is 0 Å². The monoisotopic (exact) mass is 323 g/mol. The molecule has 0 unspecified atom stereocenters. The third-order valence-corrected chi connectivity index (χ3v) is 4.42. The third kappa shape index (κ3) is 5.53.